The van der Waals surface area contributed by atoms with Crippen LogP contribution in [0.3, 0.4) is 0 Å². The van der Waals surface area contributed by atoms with Crippen LogP contribution < -0.4 is 10.2 Å². The molecule has 1 unspecified atom stereocenters. The molecule has 1 aliphatic carbocycles. The fourth-order valence-electron chi connectivity index (χ4n) is 2.67. The summed E-state index contributed by atoms with van der Waals surface area (Å²) in [7, 11) is 0. The molecule has 0 spiro atoms. The van der Waals surface area contributed by atoms with Crippen LogP contribution in [0.2, 0.25) is 0 Å². The van der Waals surface area contributed by atoms with Crippen molar-refractivity contribution in [1.82, 2.24) is 10.3 Å². The lowest BCUT2D eigenvalue weighted by molar-refractivity contribution is 0.318. The van der Waals surface area contributed by atoms with Gasteiger partial charge in [-0.25, -0.2) is 4.98 Å². The molecule has 0 aromatic carbocycles. The minimum absolute atomic E-state index is 0.397. The van der Waals surface area contributed by atoms with E-state index in [4.69, 9.17) is 0 Å². The second kappa shape index (κ2) is 6.90. The highest BCUT2D eigenvalue weighted by molar-refractivity contribution is 5.41. The number of nitrogens with one attached hydrogen (secondary N) is 1. The first-order valence-electron chi connectivity index (χ1n) is 7.68. The molecule has 1 fully saturated rings. The van der Waals surface area contributed by atoms with Crippen molar-refractivity contribution in [2.75, 3.05) is 24.5 Å². The summed E-state index contributed by atoms with van der Waals surface area (Å²) in [6.45, 7) is 9.79. The Morgan fingerprint density at radius 3 is 2.79 bits per heavy atom. The van der Waals surface area contributed by atoms with Crippen molar-refractivity contribution in [3.8, 4) is 0 Å². The lowest BCUT2D eigenvalue weighted by Gasteiger charge is -2.32. The first-order valence-corrected chi connectivity index (χ1v) is 7.68. The van der Waals surface area contributed by atoms with Crippen molar-refractivity contribution in [2.45, 2.75) is 46.1 Å². The van der Waals surface area contributed by atoms with Crippen molar-refractivity contribution in [1.29, 1.82) is 0 Å². The molecule has 106 valence electrons. The molecular formula is C16H27N3. The van der Waals surface area contributed by atoms with Gasteiger partial charge >= 0.3 is 0 Å². The number of anilines is 1. The largest absolute Gasteiger partial charge is 0.357 e. The Kier molecular flexibility index (Phi) is 5.20. The highest BCUT2D eigenvalue weighted by Gasteiger charge is 2.21. The minimum atomic E-state index is 0.397. The van der Waals surface area contributed by atoms with Crippen LogP contribution >= 0.6 is 0 Å². The average molecular weight is 261 g/mol. The molecule has 0 bridgehead atoms. The Labute approximate surface area is 117 Å². The molecule has 1 aliphatic rings. The molecule has 1 aromatic rings. The van der Waals surface area contributed by atoms with Gasteiger partial charge in [0.05, 0.1) is 0 Å². The molecule has 3 nitrogen and oxygen atoms in total. The van der Waals surface area contributed by atoms with Gasteiger partial charge in [0, 0.05) is 25.3 Å². The maximum Gasteiger partial charge on any atom is 0.128 e. The molecule has 1 atom stereocenters. The number of aromatic nitrogens is 1. The molecule has 0 amide bonds. The van der Waals surface area contributed by atoms with Gasteiger partial charge in [-0.05, 0) is 56.8 Å². The molecular weight excluding hydrogens is 234 g/mol. The fourth-order valence-corrected chi connectivity index (χ4v) is 2.67. The van der Waals surface area contributed by atoms with E-state index in [0.29, 0.717) is 6.04 Å². The van der Waals surface area contributed by atoms with E-state index in [0.717, 1.165) is 24.8 Å². The van der Waals surface area contributed by atoms with Crippen LogP contribution in [0, 0.1) is 5.92 Å². The lowest BCUT2D eigenvalue weighted by atomic mass is 9.85. The maximum absolute atomic E-state index is 4.56. The summed E-state index contributed by atoms with van der Waals surface area (Å²) >= 11 is 0. The smallest absolute Gasteiger partial charge is 0.128 e. The zero-order valence-electron chi connectivity index (χ0n) is 12.5. The molecule has 1 aromatic heterocycles. The van der Waals surface area contributed by atoms with Crippen molar-refractivity contribution >= 4 is 5.82 Å². The predicted molar refractivity (Wildman–Crippen MR) is 81.6 cm³/mol. The molecule has 1 saturated carbocycles. The van der Waals surface area contributed by atoms with E-state index in [1.807, 2.05) is 6.20 Å². The standard InChI is InChI=1S/C16H27N3/c1-4-17-13(3)15-9-10-18-16(11-15)19(5-2)12-14-7-6-8-14/h9-11,13-14,17H,4-8,12H2,1-3H3. The monoisotopic (exact) mass is 261 g/mol. The van der Waals surface area contributed by atoms with E-state index >= 15 is 0 Å². The van der Waals surface area contributed by atoms with E-state index in [-0.39, 0.29) is 0 Å². The molecule has 0 radical (unpaired) electrons. The molecule has 1 N–H and O–H groups in total. The van der Waals surface area contributed by atoms with Crippen LogP contribution in [0.4, 0.5) is 5.82 Å². The molecule has 19 heavy (non-hydrogen) atoms. The van der Waals surface area contributed by atoms with E-state index in [1.165, 1.54) is 31.4 Å². The van der Waals surface area contributed by atoms with E-state index in [1.54, 1.807) is 0 Å². The van der Waals surface area contributed by atoms with E-state index < -0.39 is 0 Å². The van der Waals surface area contributed by atoms with Crippen molar-refractivity contribution in [2.24, 2.45) is 5.92 Å². The van der Waals surface area contributed by atoms with Crippen LogP contribution in [-0.2, 0) is 0 Å². The number of hydrogen-bond acceptors (Lipinski definition) is 3. The quantitative estimate of drug-likeness (QED) is 0.815. The number of rotatable bonds is 7. The third-order valence-electron chi connectivity index (χ3n) is 4.19. The molecule has 0 aliphatic heterocycles. The van der Waals surface area contributed by atoms with Gasteiger partial charge in [-0.15, -0.1) is 0 Å². The fraction of sp³-hybridized carbons (Fsp3) is 0.688. The molecule has 3 heteroatoms. The van der Waals surface area contributed by atoms with Gasteiger partial charge < -0.3 is 10.2 Å². The van der Waals surface area contributed by atoms with Gasteiger partial charge in [0.2, 0.25) is 0 Å². The highest BCUT2D eigenvalue weighted by Crippen LogP contribution is 2.28. The second-order valence-corrected chi connectivity index (χ2v) is 5.56. The van der Waals surface area contributed by atoms with Crippen molar-refractivity contribution < 1.29 is 0 Å². The van der Waals surface area contributed by atoms with Gasteiger partial charge in [-0.3, -0.25) is 0 Å². The zero-order chi connectivity index (χ0) is 13.7. The number of hydrogen-bond donors (Lipinski definition) is 1. The predicted octanol–water partition coefficient (Wildman–Crippen LogP) is 3.38. The Hall–Kier alpha value is -1.09. The topological polar surface area (TPSA) is 28.2 Å². The summed E-state index contributed by atoms with van der Waals surface area (Å²) in [4.78, 5) is 6.99. The van der Waals surface area contributed by atoms with E-state index in [9.17, 15) is 0 Å². The Morgan fingerprint density at radius 1 is 1.42 bits per heavy atom. The first-order chi connectivity index (χ1) is 9.24. The summed E-state index contributed by atoms with van der Waals surface area (Å²) in [5.74, 6) is 2.02. The summed E-state index contributed by atoms with van der Waals surface area (Å²) in [5.41, 5.74) is 1.33. The van der Waals surface area contributed by atoms with Crippen LogP contribution in [0.25, 0.3) is 0 Å². The Bertz CT molecular complexity index is 387. The summed E-state index contributed by atoms with van der Waals surface area (Å²) in [6.07, 6.45) is 6.14. The lowest BCUT2D eigenvalue weighted by Crippen LogP contribution is -2.33. The van der Waals surface area contributed by atoms with Crippen LogP contribution in [0.15, 0.2) is 18.3 Å². The maximum atomic E-state index is 4.56. The van der Waals surface area contributed by atoms with Crippen molar-refractivity contribution in [3.05, 3.63) is 23.9 Å². The molecule has 2 rings (SSSR count). The molecule has 1 heterocycles. The number of pyridine rings is 1. The third kappa shape index (κ3) is 3.69. The van der Waals surface area contributed by atoms with Gasteiger partial charge in [-0.2, -0.15) is 0 Å². The Morgan fingerprint density at radius 2 is 2.21 bits per heavy atom. The summed E-state index contributed by atoms with van der Waals surface area (Å²) in [5, 5.41) is 3.46. The highest BCUT2D eigenvalue weighted by atomic mass is 15.2. The van der Waals surface area contributed by atoms with Gasteiger partial charge in [0.25, 0.3) is 0 Å². The van der Waals surface area contributed by atoms with Gasteiger partial charge in [0.1, 0.15) is 5.82 Å². The van der Waals surface area contributed by atoms with Crippen LogP contribution in [0.5, 0.6) is 0 Å². The van der Waals surface area contributed by atoms with Crippen LogP contribution in [-0.4, -0.2) is 24.6 Å². The van der Waals surface area contributed by atoms with Crippen LogP contribution in [0.1, 0.15) is 51.6 Å². The zero-order valence-corrected chi connectivity index (χ0v) is 12.5. The SMILES string of the molecule is CCNC(C)c1ccnc(N(CC)CC2CCC2)c1. The minimum Gasteiger partial charge on any atom is -0.357 e. The normalized spacial score (nSPS) is 17.0. The average Bonchev–Trinajstić information content (AvgIpc) is 2.38. The first kappa shape index (κ1) is 14.3. The molecule has 0 saturated heterocycles. The van der Waals surface area contributed by atoms with Crippen molar-refractivity contribution in [3.63, 3.8) is 0 Å². The Balaban J connectivity index is 2.06. The van der Waals surface area contributed by atoms with Gasteiger partial charge in [-0.1, -0.05) is 13.3 Å². The van der Waals surface area contributed by atoms with E-state index in [2.05, 4.69) is 48.1 Å². The third-order valence-corrected chi connectivity index (χ3v) is 4.19. The summed E-state index contributed by atoms with van der Waals surface area (Å²) in [6, 6.07) is 4.76. The van der Waals surface area contributed by atoms with Gasteiger partial charge in [0.15, 0.2) is 0 Å². The summed E-state index contributed by atoms with van der Waals surface area (Å²) < 4.78 is 0. The second-order valence-electron chi connectivity index (χ2n) is 5.56. The number of nitrogens with zero attached hydrogens (tertiary/aromatic N) is 2.